The van der Waals surface area contributed by atoms with Crippen LogP contribution in [-0.2, 0) is 0 Å². The summed E-state index contributed by atoms with van der Waals surface area (Å²) < 4.78 is 8.52. The number of benzene rings is 3. The van der Waals surface area contributed by atoms with E-state index in [1.54, 1.807) is 11.3 Å². The lowest BCUT2D eigenvalue weighted by molar-refractivity contribution is 0.673. The van der Waals surface area contributed by atoms with Gasteiger partial charge < -0.3 is 4.42 Å². The largest absolute Gasteiger partial charge is 0.454 e. The molecule has 6 aromatic rings. The van der Waals surface area contributed by atoms with E-state index in [2.05, 4.69) is 47.4 Å². The van der Waals surface area contributed by atoms with Gasteiger partial charge in [0.05, 0.1) is 10.4 Å². The van der Waals surface area contributed by atoms with Gasteiger partial charge in [-0.2, -0.15) is 0 Å². The summed E-state index contributed by atoms with van der Waals surface area (Å²) in [6.07, 6.45) is 0. The van der Waals surface area contributed by atoms with E-state index >= 15 is 0 Å². The third kappa shape index (κ3) is 2.66. The minimum atomic E-state index is 0.490. The first-order valence-electron chi connectivity index (χ1n) is 9.34. The number of pyridine rings is 1. The van der Waals surface area contributed by atoms with Gasteiger partial charge in [0.2, 0.25) is 0 Å². The lowest BCUT2D eigenvalue weighted by atomic mass is 10.0. The molecule has 0 saturated heterocycles. The molecule has 29 heavy (non-hydrogen) atoms. The van der Waals surface area contributed by atoms with Gasteiger partial charge in [-0.05, 0) is 41.5 Å². The zero-order valence-corrected chi connectivity index (χ0v) is 16.8. The van der Waals surface area contributed by atoms with Gasteiger partial charge in [-0.1, -0.05) is 66.2 Å². The van der Waals surface area contributed by atoms with E-state index in [1.165, 1.54) is 9.40 Å². The molecular weight excluding hydrogens is 398 g/mol. The first-order chi connectivity index (χ1) is 14.3. The maximum atomic E-state index is 6.41. The smallest absolute Gasteiger partial charge is 0.154 e. The normalized spacial score (nSPS) is 11.6. The predicted octanol–water partition coefficient (Wildman–Crippen LogP) is 8.18. The Morgan fingerprint density at radius 3 is 2.41 bits per heavy atom. The van der Waals surface area contributed by atoms with Gasteiger partial charge in [0.15, 0.2) is 5.58 Å². The van der Waals surface area contributed by atoms with Gasteiger partial charge in [0.1, 0.15) is 10.7 Å². The Kier molecular flexibility index (Phi) is 3.73. The maximum Gasteiger partial charge on any atom is 0.154 e. The molecule has 6 rings (SSSR count). The van der Waals surface area contributed by atoms with Gasteiger partial charge in [-0.25, -0.2) is 4.98 Å². The van der Waals surface area contributed by atoms with Crippen LogP contribution in [-0.4, -0.2) is 4.98 Å². The summed E-state index contributed by atoms with van der Waals surface area (Å²) in [5, 5.41) is 2.75. The van der Waals surface area contributed by atoms with Crippen molar-refractivity contribution in [1.82, 2.24) is 4.98 Å². The van der Waals surface area contributed by atoms with Gasteiger partial charge in [-0.3, -0.25) is 0 Å². The van der Waals surface area contributed by atoms with Crippen LogP contribution in [0.15, 0.2) is 89.3 Å². The number of rotatable bonds is 2. The summed E-state index contributed by atoms with van der Waals surface area (Å²) in [5.41, 5.74) is 5.99. The van der Waals surface area contributed by atoms with Gasteiger partial charge in [0, 0.05) is 21.0 Å². The number of aromatic nitrogens is 1. The highest BCUT2D eigenvalue weighted by Crippen LogP contribution is 2.44. The van der Waals surface area contributed by atoms with Gasteiger partial charge in [-0.15, -0.1) is 11.3 Å². The fraction of sp³-hybridized carbons (Fsp3) is 0. The summed E-state index contributed by atoms with van der Waals surface area (Å²) in [5.74, 6) is 0. The Bertz CT molecular complexity index is 1510. The van der Waals surface area contributed by atoms with Crippen LogP contribution in [0.4, 0.5) is 0 Å². The molecule has 4 heteroatoms. The molecular formula is C25H14ClNOS. The summed E-state index contributed by atoms with van der Waals surface area (Å²) in [6, 6.07) is 28.7. The van der Waals surface area contributed by atoms with E-state index in [0.717, 1.165) is 44.3 Å². The summed E-state index contributed by atoms with van der Waals surface area (Å²) in [4.78, 5) is 4.64. The Morgan fingerprint density at radius 2 is 1.52 bits per heavy atom. The Labute approximate surface area is 176 Å². The molecule has 0 aliphatic heterocycles. The minimum Gasteiger partial charge on any atom is -0.454 e. The molecule has 0 N–H and O–H groups in total. The van der Waals surface area contributed by atoms with Crippen molar-refractivity contribution in [1.29, 1.82) is 0 Å². The second-order valence-corrected chi connectivity index (χ2v) is 8.38. The Morgan fingerprint density at radius 1 is 0.724 bits per heavy atom. The molecule has 0 bridgehead atoms. The molecule has 0 unspecified atom stereocenters. The molecule has 0 aliphatic rings. The predicted molar refractivity (Wildman–Crippen MR) is 123 cm³/mol. The number of furan rings is 1. The van der Waals surface area contributed by atoms with Crippen LogP contribution in [0.25, 0.3) is 53.7 Å². The maximum absolute atomic E-state index is 6.41. The molecule has 0 aliphatic carbocycles. The highest BCUT2D eigenvalue weighted by Gasteiger charge is 2.17. The molecule has 3 aromatic heterocycles. The molecule has 0 saturated carbocycles. The topological polar surface area (TPSA) is 26.0 Å². The monoisotopic (exact) mass is 411 g/mol. The van der Waals surface area contributed by atoms with Crippen LogP contribution in [0, 0.1) is 0 Å². The summed E-state index contributed by atoms with van der Waals surface area (Å²) in [7, 11) is 0. The average Bonchev–Trinajstić information content (AvgIpc) is 3.30. The zero-order valence-electron chi connectivity index (χ0n) is 15.2. The number of fused-ring (bicyclic) bond motifs is 5. The number of nitrogens with zero attached hydrogens (tertiary/aromatic N) is 1. The molecule has 138 valence electrons. The van der Waals surface area contributed by atoms with Crippen LogP contribution in [0.3, 0.4) is 0 Å². The van der Waals surface area contributed by atoms with Crippen LogP contribution >= 0.6 is 22.9 Å². The van der Waals surface area contributed by atoms with Gasteiger partial charge >= 0.3 is 0 Å². The Balaban J connectivity index is 1.62. The number of thiophene rings is 1. The molecule has 0 amide bonds. The fourth-order valence-electron chi connectivity index (χ4n) is 3.86. The van der Waals surface area contributed by atoms with E-state index in [9.17, 15) is 0 Å². The number of halogens is 1. The number of hydrogen-bond acceptors (Lipinski definition) is 3. The van der Waals surface area contributed by atoms with E-state index in [4.69, 9.17) is 16.0 Å². The third-order valence-electron chi connectivity index (χ3n) is 5.19. The van der Waals surface area contributed by atoms with Crippen LogP contribution < -0.4 is 0 Å². The van der Waals surface area contributed by atoms with Crippen molar-refractivity contribution in [2.75, 3.05) is 0 Å². The number of para-hydroxylation sites is 1. The second kappa shape index (κ2) is 6.45. The second-order valence-electron chi connectivity index (χ2n) is 6.97. The number of hydrogen-bond donors (Lipinski definition) is 0. The van der Waals surface area contributed by atoms with Crippen molar-refractivity contribution in [3.63, 3.8) is 0 Å². The van der Waals surface area contributed by atoms with Crippen molar-refractivity contribution in [2.45, 2.75) is 0 Å². The van der Waals surface area contributed by atoms with Crippen LogP contribution in [0.1, 0.15) is 0 Å². The minimum absolute atomic E-state index is 0.490. The van der Waals surface area contributed by atoms with Crippen molar-refractivity contribution in [3.05, 3.63) is 90.1 Å². The molecule has 0 radical (unpaired) electrons. The summed E-state index contributed by atoms with van der Waals surface area (Å²) >= 11 is 8.16. The molecule has 3 aromatic carbocycles. The van der Waals surface area contributed by atoms with E-state index in [1.807, 2.05) is 42.5 Å². The molecule has 3 heterocycles. The SMILES string of the molecule is Clc1cc(-c2ccccc2)cc(-c2cccc3c2sc2c4ccccc4oc32)n1. The lowest BCUT2D eigenvalue weighted by Crippen LogP contribution is -1.87. The zero-order chi connectivity index (χ0) is 19.4. The van der Waals surface area contributed by atoms with E-state index in [0.29, 0.717) is 5.15 Å². The first kappa shape index (κ1) is 16.8. The highest BCUT2D eigenvalue weighted by molar-refractivity contribution is 7.27. The van der Waals surface area contributed by atoms with Gasteiger partial charge in [0.25, 0.3) is 0 Å². The highest BCUT2D eigenvalue weighted by atomic mass is 35.5. The van der Waals surface area contributed by atoms with E-state index in [-0.39, 0.29) is 0 Å². The quantitative estimate of drug-likeness (QED) is 0.268. The molecule has 0 spiro atoms. The van der Waals surface area contributed by atoms with E-state index < -0.39 is 0 Å². The molecule has 2 nitrogen and oxygen atoms in total. The molecule has 0 atom stereocenters. The molecule has 0 fully saturated rings. The van der Waals surface area contributed by atoms with Crippen LogP contribution in [0.2, 0.25) is 5.15 Å². The van der Waals surface area contributed by atoms with Crippen molar-refractivity contribution >= 4 is 54.3 Å². The Hall–Kier alpha value is -3.14. The third-order valence-corrected chi connectivity index (χ3v) is 6.64. The van der Waals surface area contributed by atoms with Crippen molar-refractivity contribution in [2.24, 2.45) is 0 Å². The summed E-state index contributed by atoms with van der Waals surface area (Å²) in [6.45, 7) is 0. The first-order valence-corrected chi connectivity index (χ1v) is 10.5. The fourth-order valence-corrected chi connectivity index (χ4v) is 5.35. The average molecular weight is 412 g/mol. The lowest BCUT2D eigenvalue weighted by Gasteiger charge is -2.08. The standard InChI is InChI=1S/C25H14ClNOS/c26-22-14-16(15-7-2-1-3-8-15)13-20(27-22)17-10-6-11-19-23-25(29-24(17)19)18-9-4-5-12-21(18)28-23/h1-14H. The van der Waals surface area contributed by atoms with Crippen LogP contribution in [0.5, 0.6) is 0 Å². The van der Waals surface area contributed by atoms with Crippen molar-refractivity contribution < 1.29 is 4.42 Å². The van der Waals surface area contributed by atoms with Crippen molar-refractivity contribution in [3.8, 4) is 22.4 Å².